The topological polar surface area (TPSA) is 80.4 Å². The molecule has 0 aromatic carbocycles. The van der Waals surface area contributed by atoms with Crippen LogP contribution in [-0.2, 0) is 10.0 Å². The van der Waals surface area contributed by atoms with Crippen molar-refractivity contribution in [1.29, 1.82) is 0 Å². The number of primary sulfonamides is 1. The van der Waals surface area contributed by atoms with Crippen LogP contribution in [0.4, 0.5) is 0 Å². The Morgan fingerprint density at radius 2 is 1.75 bits per heavy atom. The highest BCUT2D eigenvalue weighted by molar-refractivity contribution is 7.89. The zero-order valence-electron chi connectivity index (χ0n) is 9.35. The quantitative estimate of drug-likeness (QED) is 0.748. The standard InChI is InChI=1S/C11H19NO3S/c12-16(14,15)7-10-2-8-1-9(3-10)5-11(13,4-8)6-10/h8-9,13H,1-7H2,(H2,12,14,15). The van der Waals surface area contributed by atoms with Gasteiger partial charge in [0.2, 0.25) is 10.0 Å². The van der Waals surface area contributed by atoms with E-state index in [1.807, 2.05) is 0 Å². The SMILES string of the molecule is NS(=O)(=O)CC12CC3CC(CC(O)(C3)C1)C2. The van der Waals surface area contributed by atoms with Crippen molar-refractivity contribution in [2.24, 2.45) is 22.4 Å². The molecule has 4 aliphatic carbocycles. The smallest absolute Gasteiger partial charge is 0.209 e. The van der Waals surface area contributed by atoms with Crippen LogP contribution in [0.25, 0.3) is 0 Å². The highest BCUT2D eigenvalue weighted by atomic mass is 32.2. The molecule has 4 bridgehead atoms. The van der Waals surface area contributed by atoms with Gasteiger partial charge in [0.05, 0.1) is 11.4 Å². The lowest BCUT2D eigenvalue weighted by atomic mass is 9.48. The zero-order chi connectivity index (χ0) is 11.6. The summed E-state index contributed by atoms with van der Waals surface area (Å²) in [5, 5.41) is 15.6. The fraction of sp³-hybridized carbons (Fsp3) is 1.00. The van der Waals surface area contributed by atoms with Gasteiger partial charge in [-0.25, -0.2) is 13.6 Å². The minimum atomic E-state index is -3.42. The number of hydrogen-bond donors (Lipinski definition) is 2. The maximum atomic E-state index is 11.3. The van der Waals surface area contributed by atoms with Gasteiger partial charge in [-0.15, -0.1) is 0 Å². The molecule has 2 atom stereocenters. The number of hydrogen-bond acceptors (Lipinski definition) is 3. The fourth-order valence-electron chi connectivity index (χ4n) is 5.00. The molecule has 0 heterocycles. The minimum Gasteiger partial charge on any atom is -0.390 e. The highest BCUT2D eigenvalue weighted by Crippen LogP contribution is 2.61. The molecule has 4 aliphatic rings. The molecule has 4 nitrogen and oxygen atoms in total. The van der Waals surface area contributed by atoms with E-state index in [-0.39, 0.29) is 11.2 Å². The first-order chi connectivity index (χ1) is 7.28. The third kappa shape index (κ3) is 1.79. The van der Waals surface area contributed by atoms with Gasteiger partial charge in [0.1, 0.15) is 0 Å². The predicted octanol–water partition coefficient (Wildman–Crippen LogP) is 0.606. The fourth-order valence-corrected chi connectivity index (χ4v) is 6.19. The number of sulfonamides is 1. The van der Waals surface area contributed by atoms with E-state index >= 15 is 0 Å². The Hall–Kier alpha value is -0.130. The second kappa shape index (κ2) is 3.00. The first kappa shape index (κ1) is 11.0. The van der Waals surface area contributed by atoms with Crippen LogP contribution in [0.5, 0.6) is 0 Å². The van der Waals surface area contributed by atoms with Gasteiger partial charge in [-0.2, -0.15) is 0 Å². The summed E-state index contributed by atoms with van der Waals surface area (Å²) in [5.74, 6) is 1.11. The number of rotatable bonds is 2. The molecule has 0 radical (unpaired) electrons. The van der Waals surface area contributed by atoms with Gasteiger partial charge in [-0.1, -0.05) is 0 Å². The summed E-state index contributed by atoms with van der Waals surface area (Å²) in [7, 11) is -3.42. The van der Waals surface area contributed by atoms with Gasteiger partial charge in [0.15, 0.2) is 0 Å². The van der Waals surface area contributed by atoms with Crippen LogP contribution in [0, 0.1) is 17.3 Å². The largest absolute Gasteiger partial charge is 0.390 e. The summed E-state index contributed by atoms with van der Waals surface area (Å²) in [6.07, 6.45) is 5.45. The molecule has 92 valence electrons. The molecule has 0 aromatic rings. The van der Waals surface area contributed by atoms with Crippen LogP contribution >= 0.6 is 0 Å². The summed E-state index contributed by atoms with van der Waals surface area (Å²) < 4.78 is 22.6. The van der Waals surface area contributed by atoms with Crippen molar-refractivity contribution >= 4 is 10.0 Å². The molecule has 0 aliphatic heterocycles. The molecule has 2 unspecified atom stereocenters. The van der Waals surface area contributed by atoms with Gasteiger partial charge < -0.3 is 5.11 Å². The number of nitrogens with two attached hydrogens (primary N) is 1. The maximum Gasteiger partial charge on any atom is 0.209 e. The second-order valence-corrected chi connectivity index (χ2v) is 8.11. The molecule has 3 N–H and O–H groups in total. The van der Waals surface area contributed by atoms with Gasteiger partial charge >= 0.3 is 0 Å². The van der Waals surface area contributed by atoms with Crippen molar-refractivity contribution in [3.05, 3.63) is 0 Å². The van der Waals surface area contributed by atoms with Crippen molar-refractivity contribution < 1.29 is 13.5 Å². The molecule has 0 saturated heterocycles. The first-order valence-corrected chi connectivity index (χ1v) is 7.72. The van der Waals surface area contributed by atoms with E-state index in [1.165, 1.54) is 6.42 Å². The lowest BCUT2D eigenvalue weighted by molar-refractivity contribution is -0.156. The molecule has 0 amide bonds. The highest BCUT2D eigenvalue weighted by Gasteiger charge is 2.57. The van der Waals surface area contributed by atoms with Crippen molar-refractivity contribution in [3.63, 3.8) is 0 Å². The molecule has 16 heavy (non-hydrogen) atoms. The van der Waals surface area contributed by atoms with E-state index in [0.29, 0.717) is 18.3 Å². The van der Waals surface area contributed by atoms with E-state index in [1.54, 1.807) is 0 Å². The Morgan fingerprint density at radius 3 is 2.19 bits per heavy atom. The Balaban J connectivity index is 1.92. The van der Waals surface area contributed by atoms with Crippen molar-refractivity contribution in [1.82, 2.24) is 0 Å². The molecule has 0 spiro atoms. The summed E-state index contributed by atoms with van der Waals surface area (Å²) in [5.41, 5.74) is -0.804. The van der Waals surface area contributed by atoms with Crippen molar-refractivity contribution in [3.8, 4) is 0 Å². The van der Waals surface area contributed by atoms with E-state index in [9.17, 15) is 13.5 Å². The maximum absolute atomic E-state index is 11.3. The summed E-state index contributed by atoms with van der Waals surface area (Å²) in [6, 6.07) is 0. The molecule has 4 fully saturated rings. The zero-order valence-corrected chi connectivity index (χ0v) is 10.2. The summed E-state index contributed by atoms with van der Waals surface area (Å²) in [4.78, 5) is 0. The van der Waals surface area contributed by atoms with Crippen LogP contribution < -0.4 is 5.14 Å². The summed E-state index contributed by atoms with van der Waals surface area (Å²) in [6.45, 7) is 0. The molecular weight excluding hydrogens is 226 g/mol. The van der Waals surface area contributed by atoms with E-state index in [4.69, 9.17) is 5.14 Å². The Labute approximate surface area is 96.3 Å². The van der Waals surface area contributed by atoms with Gasteiger partial charge in [0.25, 0.3) is 0 Å². The lowest BCUT2D eigenvalue weighted by Gasteiger charge is -2.60. The average molecular weight is 245 g/mol. The Kier molecular flexibility index (Phi) is 2.06. The van der Waals surface area contributed by atoms with Gasteiger partial charge in [-0.05, 0) is 55.8 Å². The van der Waals surface area contributed by atoms with Crippen LogP contribution in [0.2, 0.25) is 0 Å². The van der Waals surface area contributed by atoms with Crippen LogP contribution in [0.3, 0.4) is 0 Å². The minimum absolute atomic E-state index is 0.0648. The van der Waals surface area contributed by atoms with Crippen LogP contribution in [0.15, 0.2) is 0 Å². The molecule has 4 rings (SSSR count). The Morgan fingerprint density at radius 1 is 1.19 bits per heavy atom. The van der Waals surface area contributed by atoms with Crippen LogP contribution in [0.1, 0.15) is 38.5 Å². The van der Waals surface area contributed by atoms with E-state index in [0.717, 1.165) is 25.7 Å². The third-order valence-corrected chi connectivity index (χ3v) is 5.67. The lowest BCUT2D eigenvalue weighted by Crippen LogP contribution is -2.57. The first-order valence-electron chi connectivity index (χ1n) is 6.01. The normalized spacial score (nSPS) is 50.9. The van der Waals surface area contributed by atoms with Crippen molar-refractivity contribution in [2.45, 2.75) is 44.1 Å². The average Bonchev–Trinajstić information content (AvgIpc) is 1.91. The molecule has 0 aromatic heterocycles. The third-order valence-electron chi connectivity index (χ3n) is 4.66. The second-order valence-electron chi connectivity index (χ2n) is 6.49. The number of aliphatic hydroxyl groups is 1. The molecule has 5 heteroatoms. The Bertz CT molecular complexity index is 403. The van der Waals surface area contributed by atoms with Crippen LogP contribution in [-0.4, -0.2) is 24.9 Å². The van der Waals surface area contributed by atoms with Gasteiger partial charge in [0, 0.05) is 0 Å². The van der Waals surface area contributed by atoms with E-state index < -0.39 is 15.6 Å². The van der Waals surface area contributed by atoms with E-state index in [2.05, 4.69) is 0 Å². The van der Waals surface area contributed by atoms with Crippen molar-refractivity contribution in [2.75, 3.05) is 5.75 Å². The monoisotopic (exact) mass is 245 g/mol. The van der Waals surface area contributed by atoms with Gasteiger partial charge in [-0.3, -0.25) is 0 Å². The predicted molar refractivity (Wildman–Crippen MR) is 60.0 cm³/mol. The molecule has 4 saturated carbocycles. The summed E-state index contributed by atoms with van der Waals surface area (Å²) >= 11 is 0. The molecular formula is C11H19NO3S.